The molecular weight excluding hydrogens is 216 g/mol. The van der Waals surface area contributed by atoms with Gasteiger partial charge in [0.05, 0.1) is 10.2 Å². The third-order valence-corrected chi connectivity index (χ3v) is 3.62. The zero-order chi connectivity index (χ0) is 11.0. The second kappa shape index (κ2) is 3.68. The van der Waals surface area contributed by atoms with Crippen molar-refractivity contribution in [2.75, 3.05) is 0 Å². The molecule has 3 heteroatoms. The summed E-state index contributed by atoms with van der Waals surface area (Å²) in [5.41, 5.74) is 3.48. The van der Waals surface area contributed by atoms with E-state index in [4.69, 9.17) is 0 Å². The molecule has 2 heterocycles. The quantitative estimate of drug-likeness (QED) is 0.632. The molecule has 0 saturated carbocycles. The molecule has 3 rings (SSSR count). The van der Waals surface area contributed by atoms with Crippen molar-refractivity contribution < 1.29 is 0 Å². The predicted octanol–water partition coefficient (Wildman–Crippen LogP) is 3.67. The molecule has 0 radical (unpaired) electrons. The number of pyridine rings is 1. The number of aromatic nitrogens is 2. The minimum absolute atomic E-state index is 1.06. The summed E-state index contributed by atoms with van der Waals surface area (Å²) in [7, 11) is 0. The molecule has 0 aliphatic rings. The number of para-hydroxylation sites is 1. The third kappa shape index (κ3) is 1.49. The fourth-order valence-electron chi connectivity index (χ4n) is 1.70. The van der Waals surface area contributed by atoms with Gasteiger partial charge in [0.15, 0.2) is 0 Å². The number of rotatable bonds is 1. The van der Waals surface area contributed by atoms with Crippen LogP contribution in [-0.2, 0) is 0 Å². The first kappa shape index (κ1) is 9.48. The Morgan fingerprint density at radius 3 is 2.62 bits per heavy atom. The van der Waals surface area contributed by atoms with Gasteiger partial charge in [-0.2, -0.15) is 0 Å². The van der Waals surface area contributed by atoms with Gasteiger partial charge in [-0.15, -0.1) is 11.3 Å². The van der Waals surface area contributed by atoms with E-state index >= 15 is 0 Å². The van der Waals surface area contributed by atoms with Crippen LogP contribution in [0.3, 0.4) is 0 Å². The lowest BCUT2D eigenvalue weighted by molar-refractivity contribution is 1.32. The summed E-state index contributed by atoms with van der Waals surface area (Å²) in [6.07, 6.45) is 3.60. The SMILES string of the molecule is Cc1cccc2sc(-c3ccncc3)nc12. The molecule has 0 amide bonds. The molecule has 0 atom stereocenters. The van der Waals surface area contributed by atoms with E-state index in [1.54, 1.807) is 23.7 Å². The van der Waals surface area contributed by atoms with Gasteiger partial charge in [0.25, 0.3) is 0 Å². The molecule has 16 heavy (non-hydrogen) atoms. The van der Waals surface area contributed by atoms with E-state index in [0.717, 1.165) is 16.1 Å². The van der Waals surface area contributed by atoms with Gasteiger partial charge >= 0.3 is 0 Å². The maximum atomic E-state index is 4.67. The first-order valence-electron chi connectivity index (χ1n) is 5.11. The summed E-state index contributed by atoms with van der Waals surface area (Å²) in [6.45, 7) is 2.10. The first-order chi connectivity index (χ1) is 7.84. The van der Waals surface area contributed by atoms with Crippen molar-refractivity contribution in [1.29, 1.82) is 0 Å². The molecule has 0 unspecified atom stereocenters. The second-order valence-corrected chi connectivity index (χ2v) is 4.71. The Labute approximate surface area is 97.6 Å². The van der Waals surface area contributed by atoms with E-state index in [0.29, 0.717) is 0 Å². The zero-order valence-corrected chi connectivity index (χ0v) is 9.66. The largest absolute Gasteiger partial charge is 0.265 e. The number of fused-ring (bicyclic) bond motifs is 1. The standard InChI is InChI=1S/C13H10N2S/c1-9-3-2-4-11-12(9)15-13(16-11)10-5-7-14-8-6-10/h2-8H,1H3. The van der Waals surface area contributed by atoms with Crippen LogP contribution in [0.15, 0.2) is 42.7 Å². The van der Waals surface area contributed by atoms with Crippen LogP contribution in [0, 0.1) is 6.92 Å². The van der Waals surface area contributed by atoms with Crippen LogP contribution in [-0.4, -0.2) is 9.97 Å². The summed E-state index contributed by atoms with van der Waals surface area (Å²) >= 11 is 1.73. The van der Waals surface area contributed by atoms with E-state index in [1.807, 2.05) is 12.1 Å². The van der Waals surface area contributed by atoms with Crippen molar-refractivity contribution in [3.8, 4) is 10.6 Å². The highest BCUT2D eigenvalue weighted by atomic mass is 32.1. The summed E-state index contributed by atoms with van der Waals surface area (Å²) in [4.78, 5) is 8.69. The van der Waals surface area contributed by atoms with Crippen molar-refractivity contribution in [2.24, 2.45) is 0 Å². The van der Waals surface area contributed by atoms with Crippen LogP contribution in [0.4, 0.5) is 0 Å². The van der Waals surface area contributed by atoms with Gasteiger partial charge in [0.1, 0.15) is 5.01 Å². The van der Waals surface area contributed by atoms with Gasteiger partial charge in [0.2, 0.25) is 0 Å². The molecule has 0 aliphatic heterocycles. The molecule has 0 fully saturated rings. The van der Waals surface area contributed by atoms with Gasteiger partial charge in [-0.05, 0) is 30.7 Å². The lowest BCUT2D eigenvalue weighted by Crippen LogP contribution is -1.77. The molecule has 3 aromatic rings. The van der Waals surface area contributed by atoms with E-state index in [-0.39, 0.29) is 0 Å². The first-order valence-corrected chi connectivity index (χ1v) is 5.93. The summed E-state index contributed by atoms with van der Waals surface area (Å²) < 4.78 is 1.24. The maximum Gasteiger partial charge on any atom is 0.124 e. The molecule has 2 nitrogen and oxygen atoms in total. The van der Waals surface area contributed by atoms with Crippen LogP contribution in [0.25, 0.3) is 20.8 Å². The fraction of sp³-hybridized carbons (Fsp3) is 0.0769. The van der Waals surface area contributed by atoms with E-state index in [2.05, 4.69) is 35.1 Å². The van der Waals surface area contributed by atoms with Crippen LogP contribution < -0.4 is 0 Å². The lowest BCUT2D eigenvalue weighted by atomic mass is 10.2. The van der Waals surface area contributed by atoms with Crippen molar-refractivity contribution >= 4 is 21.6 Å². The average molecular weight is 226 g/mol. The lowest BCUT2D eigenvalue weighted by Gasteiger charge is -1.92. The Morgan fingerprint density at radius 2 is 1.88 bits per heavy atom. The van der Waals surface area contributed by atoms with Gasteiger partial charge < -0.3 is 0 Å². The van der Waals surface area contributed by atoms with Crippen molar-refractivity contribution in [2.45, 2.75) is 6.92 Å². The molecule has 1 aromatic carbocycles. The summed E-state index contributed by atoms with van der Waals surface area (Å²) in [5.74, 6) is 0. The molecule has 0 bridgehead atoms. The van der Waals surface area contributed by atoms with Crippen LogP contribution in [0.5, 0.6) is 0 Å². The number of aryl methyl sites for hydroxylation is 1. The Morgan fingerprint density at radius 1 is 1.06 bits per heavy atom. The number of benzene rings is 1. The third-order valence-electron chi connectivity index (χ3n) is 2.55. The van der Waals surface area contributed by atoms with E-state index in [1.165, 1.54) is 10.3 Å². The van der Waals surface area contributed by atoms with Crippen LogP contribution in [0.1, 0.15) is 5.56 Å². The molecule has 0 aliphatic carbocycles. The minimum Gasteiger partial charge on any atom is -0.265 e. The normalized spacial score (nSPS) is 10.8. The zero-order valence-electron chi connectivity index (χ0n) is 8.84. The predicted molar refractivity (Wildman–Crippen MR) is 67.6 cm³/mol. The van der Waals surface area contributed by atoms with Gasteiger partial charge in [-0.1, -0.05) is 12.1 Å². The number of nitrogens with zero attached hydrogens (tertiary/aromatic N) is 2. The average Bonchev–Trinajstić information content (AvgIpc) is 2.76. The van der Waals surface area contributed by atoms with Crippen LogP contribution in [0.2, 0.25) is 0 Å². The molecule has 0 saturated heterocycles. The summed E-state index contributed by atoms with van der Waals surface area (Å²) in [6, 6.07) is 10.3. The van der Waals surface area contributed by atoms with Gasteiger partial charge in [0, 0.05) is 18.0 Å². The molecule has 2 aromatic heterocycles. The Hall–Kier alpha value is -1.74. The Kier molecular flexibility index (Phi) is 2.18. The van der Waals surface area contributed by atoms with Crippen molar-refractivity contribution in [3.63, 3.8) is 0 Å². The monoisotopic (exact) mass is 226 g/mol. The molecular formula is C13H10N2S. The number of hydrogen-bond acceptors (Lipinski definition) is 3. The molecule has 78 valence electrons. The smallest absolute Gasteiger partial charge is 0.124 e. The van der Waals surface area contributed by atoms with Crippen LogP contribution >= 0.6 is 11.3 Å². The highest BCUT2D eigenvalue weighted by Crippen LogP contribution is 2.30. The van der Waals surface area contributed by atoms with Crippen molar-refractivity contribution in [3.05, 3.63) is 48.3 Å². The molecule has 0 N–H and O–H groups in total. The number of hydrogen-bond donors (Lipinski definition) is 0. The van der Waals surface area contributed by atoms with E-state index in [9.17, 15) is 0 Å². The Balaban J connectivity index is 2.23. The second-order valence-electron chi connectivity index (χ2n) is 3.68. The highest BCUT2D eigenvalue weighted by molar-refractivity contribution is 7.21. The summed E-state index contributed by atoms with van der Waals surface area (Å²) in [5, 5.41) is 1.06. The molecule has 0 spiro atoms. The minimum atomic E-state index is 1.06. The Bertz CT molecular complexity index is 629. The fourth-order valence-corrected chi connectivity index (χ4v) is 2.75. The van der Waals surface area contributed by atoms with Gasteiger partial charge in [-0.25, -0.2) is 4.98 Å². The number of thiazole rings is 1. The highest BCUT2D eigenvalue weighted by Gasteiger charge is 2.06. The van der Waals surface area contributed by atoms with Gasteiger partial charge in [-0.3, -0.25) is 4.98 Å². The van der Waals surface area contributed by atoms with E-state index < -0.39 is 0 Å². The maximum absolute atomic E-state index is 4.67. The van der Waals surface area contributed by atoms with Crippen molar-refractivity contribution in [1.82, 2.24) is 9.97 Å². The topological polar surface area (TPSA) is 25.8 Å².